The van der Waals surface area contributed by atoms with E-state index in [1.807, 2.05) is 6.07 Å². The summed E-state index contributed by atoms with van der Waals surface area (Å²) < 4.78 is 5.45. The molecule has 152 valence electrons. The second kappa shape index (κ2) is 9.68. The van der Waals surface area contributed by atoms with Crippen LogP contribution in [0.4, 0.5) is 11.4 Å². The highest BCUT2D eigenvalue weighted by Gasteiger charge is 2.30. The lowest BCUT2D eigenvalue weighted by molar-refractivity contribution is -0.384. The Morgan fingerprint density at radius 3 is 2.48 bits per heavy atom. The molecule has 29 heavy (non-hydrogen) atoms. The van der Waals surface area contributed by atoms with Crippen molar-refractivity contribution in [3.63, 3.8) is 0 Å². The molecule has 0 saturated heterocycles. The van der Waals surface area contributed by atoms with Crippen molar-refractivity contribution in [3.05, 3.63) is 70.3 Å². The smallest absolute Gasteiger partial charge is 0.306 e. The summed E-state index contributed by atoms with van der Waals surface area (Å²) in [7, 11) is 0. The minimum Gasteiger partial charge on any atom is -0.447 e. The topological polar surface area (TPSA) is 111 Å². The Kier molecular flexibility index (Phi) is 6.78. The zero-order chi connectivity index (χ0) is 20.6. The Labute approximate surface area is 168 Å². The van der Waals surface area contributed by atoms with Gasteiger partial charge in [-0.25, -0.2) is 0 Å². The SMILES string of the molecule is O=C(CCCNc1ccccc1[N+](=O)[O-])O[C@H](C(=O)NC1CC1)c1ccccc1. The maximum absolute atomic E-state index is 12.5. The Hall–Kier alpha value is -3.42. The Balaban J connectivity index is 1.51. The number of nitrogens with one attached hydrogen (secondary N) is 2. The van der Waals surface area contributed by atoms with Crippen LogP contribution in [0.2, 0.25) is 0 Å². The van der Waals surface area contributed by atoms with E-state index in [0.29, 0.717) is 24.2 Å². The quantitative estimate of drug-likeness (QED) is 0.275. The largest absolute Gasteiger partial charge is 0.447 e. The van der Waals surface area contributed by atoms with Crippen LogP contribution in [0.1, 0.15) is 37.4 Å². The molecule has 0 bridgehead atoms. The van der Waals surface area contributed by atoms with Crippen molar-refractivity contribution in [2.24, 2.45) is 0 Å². The summed E-state index contributed by atoms with van der Waals surface area (Å²) in [6.07, 6.45) is 1.41. The van der Waals surface area contributed by atoms with Crippen LogP contribution >= 0.6 is 0 Å². The van der Waals surface area contributed by atoms with Gasteiger partial charge in [0.2, 0.25) is 6.10 Å². The number of nitrogens with zero attached hydrogens (tertiary/aromatic N) is 1. The first-order chi connectivity index (χ1) is 14.0. The van der Waals surface area contributed by atoms with Crippen LogP contribution in [0.25, 0.3) is 0 Å². The number of hydrogen-bond acceptors (Lipinski definition) is 6. The van der Waals surface area contributed by atoms with E-state index in [2.05, 4.69) is 10.6 Å². The van der Waals surface area contributed by atoms with Crippen molar-refractivity contribution in [1.82, 2.24) is 5.32 Å². The monoisotopic (exact) mass is 397 g/mol. The number of benzene rings is 2. The highest BCUT2D eigenvalue weighted by molar-refractivity contribution is 5.85. The molecule has 1 aliphatic carbocycles. The molecule has 0 spiro atoms. The van der Waals surface area contributed by atoms with Gasteiger partial charge in [0.15, 0.2) is 0 Å². The van der Waals surface area contributed by atoms with Crippen LogP contribution in [0, 0.1) is 10.1 Å². The number of hydrogen-bond donors (Lipinski definition) is 2. The zero-order valence-electron chi connectivity index (χ0n) is 15.9. The molecule has 1 atom stereocenters. The van der Waals surface area contributed by atoms with Crippen molar-refractivity contribution >= 4 is 23.3 Å². The molecular weight excluding hydrogens is 374 g/mol. The summed E-state index contributed by atoms with van der Waals surface area (Å²) in [6.45, 7) is 0.365. The van der Waals surface area contributed by atoms with E-state index in [0.717, 1.165) is 12.8 Å². The molecule has 1 amide bonds. The predicted octanol–water partition coefficient (Wildman–Crippen LogP) is 3.35. The third-order valence-corrected chi connectivity index (χ3v) is 4.49. The van der Waals surface area contributed by atoms with Crippen LogP contribution in [0.15, 0.2) is 54.6 Å². The van der Waals surface area contributed by atoms with Crippen molar-refractivity contribution < 1.29 is 19.2 Å². The molecule has 0 aliphatic heterocycles. The van der Waals surface area contributed by atoms with Crippen molar-refractivity contribution in [2.75, 3.05) is 11.9 Å². The molecule has 0 aromatic heterocycles. The molecule has 2 aromatic carbocycles. The Morgan fingerprint density at radius 1 is 1.10 bits per heavy atom. The lowest BCUT2D eigenvalue weighted by Gasteiger charge is -2.18. The Bertz CT molecular complexity index is 868. The number of esters is 1. The van der Waals surface area contributed by atoms with Gasteiger partial charge in [-0.05, 0) is 25.3 Å². The van der Waals surface area contributed by atoms with E-state index in [-0.39, 0.29) is 24.1 Å². The van der Waals surface area contributed by atoms with Crippen LogP contribution in [-0.2, 0) is 14.3 Å². The van der Waals surface area contributed by atoms with Gasteiger partial charge in [-0.3, -0.25) is 19.7 Å². The molecule has 1 saturated carbocycles. The van der Waals surface area contributed by atoms with Crippen LogP contribution < -0.4 is 10.6 Å². The van der Waals surface area contributed by atoms with Crippen LogP contribution in [0.3, 0.4) is 0 Å². The lowest BCUT2D eigenvalue weighted by atomic mass is 10.1. The fourth-order valence-electron chi connectivity index (χ4n) is 2.83. The highest BCUT2D eigenvalue weighted by atomic mass is 16.6. The third-order valence-electron chi connectivity index (χ3n) is 4.49. The summed E-state index contributed by atoms with van der Waals surface area (Å²) in [5.74, 6) is -0.806. The molecule has 3 rings (SSSR count). The second-order valence-corrected chi connectivity index (χ2v) is 6.87. The summed E-state index contributed by atoms with van der Waals surface area (Å²) in [5.41, 5.74) is 1.00. The van der Waals surface area contributed by atoms with Gasteiger partial charge in [0.05, 0.1) is 4.92 Å². The standard InChI is InChI=1S/C21H23N3O5/c25-19(11-6-14-22-17-9-4-5-10-18(17)24(27)28)29-20(15-7-2-1-3-8-15)21(26)23-16-12-13-16/h1-5,7-10,16,20,22H,6,11-14H2,(H,23,26)/t20-/m0/s1. The average molecular weight is 397 g/mol. The molecular formula is C21H23N3O5. The minimum absolute atomic E-state index is 0.0176. The molecule has 1 fully saturated rings. The van der Waals surface area contributed by atoms with Crippen LogP contribution in [-0.4, -0.2) is 29.4 Å². The first-order valence-electron chi connectivity index (χ1n) is 9.56. The maximum atomic E-state index is 12.5. The normalized spacial score (nSPS) is 13.9. The molecule has 8 nitrogen and oxygen atoms in total. The summed E-state index contributed by atoms with van der Waals surface area (Å²) in [4.78, 5) is 35.3. The van der Waals surface area contributed by atoms with Crippen molar-refractivity contribution in [3.8, 4) is 0 Å². The van der Waals surface area contributed by atoms with Gasteiger partial charge in [-0.2, -0.15) is 0 Å². The molecule has 8 heteroatoms. The van der Waals surface area contributed by atoms with Gasteiger partial charge in [0, 0.05) is 30.6 Å². The summed E-state index contributed by atoms with van der Waals surface area (Å²) in [5, 5.41) is 16.9. The first kappa shape index (κ1) is 20.3. The molecule has 0 heterocycles. The van der Waals surface area contributed by atoms with E-state index in [1.165, 1.54) is 6.07 Å². The van der Waals surface area contributed by atoms with E-state index in [4.69, 9.17) is 4.74 Å². The van der Waals surface area contributed by atoms with Gasteiger partial charge in [0.25, 0.3) is 11.6 Å². The molecule has 0 radical (unpaired) electrons. The fourth-order valence-corrected chi connectivity index (χ4v) is 2.83. The van der Waals surface area contributed by atoms with E-state index < -0.39 is 17.0 Å². The van der Waals surface area contributed by atoms with Crippen molar-refractivity contribution in [2.45, 2.75) is 37.8 Å². The fraction of sp³-hybridized carbons (Fsp3) is 0.333. The third kappa shape index (κ3) is 6.03. The number of ether oxygens (including phenoxy) is 1. The average Bonchev–Trinajstić information content (AvgIpc) is 3.54. The van der Waals surface area contributed by atoms with Gasteiger partial charge in [-0.15, -0.1) is 0 Å². The number of para-hydroxylation sites is 2. The van der Waals surface area contributed by atoms with Gasteiger partial charge < -0.3 is 15.4 Å². The van der Waals surface area contributed by atoms with Crippen molar-refractivity contribution in [1.29, 1.82) is 0 Å². The number of rotatable bonds is 10. The molecule has 2 aromatic rings. The van der Waals surface area contributed by atoms with E-state index in [9.17, 15) is 19.7 Å². The van der Waals surface area contributed by atoms with E-state index in [1.54, 1.807) is 42.5 Å². The summed E-state index contributed by atoms with van der Waals surface area (Å²) in [6, 6.07) is 15.4. The number of nitro benzene ring substituents is 1. The minimum atomic E-state index is -0.979. The molecule has 1 aliphatic rings. The number of amides is 1. The highest BCUT2D eigenvalue weighted by Crippen LogP contribution is 2.24. The number of nitro groups is 1. The maximum Gasteiger partial charge on any atom is 0.306 e. The van der Waals surface area contributed by atoms with Gasteiger partial charge >= 0.3 is 5.97 Å². The Morgan fingerprint density at radius 2 is 1.79 bits per heavy atom. The number of anilines is 1. The first-order valence-corrected chi connectivity index (χ1v) is 9.56. The van der Waals surface area contributed by atoms with E-state index >= 15 is 0 Å². The molecule has 2 N–H and O–H groups in total. The second-order valence-electron chi connectivity index (χ2n) is 6.87. The van der Waals surface area contributed by atoms with Crippen LogP contribution in [0.5, 0.6) is 0 Å². The molecule has 0 unspecified atom stereocenters. The number of carbonyl (C=O) groups is 2. The van der Waals surface area contributed by atoms with Gasteiger partial charge in [0.1, 0.15) is 5.69 Å². The summed E-state index contributed by atoms with van der Waals surface area (Å²) >= 11 is 0. The number of carbonyl (C=O) groups excluding carboxylic acids is 2. The zero-order valence-corrected chi connectivity index (χ0v) is 15.9. The van der Waals surface area contributed by atoms with Gasteiger partial charge in [-0.1, -0.05) is 42.5 Å². The lowest BCUT2D eigenvalue weighted by Crippen LogP contribution is -2.33. The predicted molar refractivity (Wildman–Crippen MR) is 107 cm³/mol.